The third kappa shape index (κ3) is 4.52. The number of hydrogen-bond acceptors (Lipinski definition) is 2. The number of benzene rings is 1. The molecule has 1 aromatic rings. The van der Waals surface area contributed by atoms with Crippen molar-refractivity contribution in [2.75, 3.05) is 11.9 Å². The summed E-state index contributed by atoms with van der Waals surface area (Å²) in [4.78, 5) is 13.7. The normalized spacial score (nSPS) is 12.4. The highest BCUT2D eigenvalue weighted by atomic mass is 19.1. The molecule has 0 aliphatic rings. The summed E-state index contributed by atoms with van der Waals surface area (Å²) >= 11 is 0. The SMILES string of the molecule is Cc1cc(F)ccc1NC(=O)N(CC(C)O)C(C)C. The number of nitrogens with one attached hydrogen (secondary N) is 1. The third-order valence-corrected chi connectivity index (χ3v) is 2.78. The van der Waals surface area contributed by atoms with Crippen LogP contribution in [0.4, 0.5) is 14.9 Å². The van der Waals surface area contributed by atoms with Gasteiger partial charge in [0.05, 0.1) is 6.10 Å². The van der Waals surface area contributed by atoms with E-state index in [1.54, 1.807) is 13.8 Å². The first-order valence-corrected chi connectivity index (χ1v) is 6.33. The summed E-state index contributed by atoms with van der Waals surface area (Å²) in [5.41, 5.74) is 1.23. The fourth-order valence-corrected chi connectivity index (χ4v) is 1.77. The fourth-order valence-electron chi connectivity index (χ4n) is 1.77. The van der Waals surface area contributed by atoms with Gasteiger partial charge in [-0.25, -0.2) is 9.18 Å². The summed E-state index contributed by atoms with van der Waals surface area (Å²) in [7, 11) is 0. The lowest BCUT2D eigenvalue weighted by molar-refractivity contribution is 0.125. The highest BCUT2D eigenvalue weighted by molar-refractivity contribution is 5.90. The second-order valence-electron chi connectivity index (χ2n) is 4.98. The van der Waals surface area contributed by atoms with E-state index in [9.17, 15) is 14.3 Å². The molecule has 5 heteroatoms. The van der Waals surface area contributed by atoms with Gasteiger partial charge in [-0.1, -0.05) is 0 Å². The number of halogens is 1. The van der Waals surface area contributed by atoms with Crippen LogP contribution in [0.15, 0.2) is 18.2 Å². The van der Waals surface area contributed by atoms with Crippen LogP contribution in [0, 0.1) is 12.7 Å². The van der Waals surface area contributed by atoms with Crippen molar-refractivity contribution in [3.63, 3.8) is 0 Å². The summed E-state index contributed by atoms with van der Waals surface area (Å²) in [5, 5.41) is 12.1. The number of amides is 2. The quantitative estimate of drug-likeness (QED) is 0.882. The minimum atomic E-state index is -0.595. The van der Waals surface area contributed by atoms with Gasteiger partial charge in [0, 0.05) is 18.3 Å². The predicted molar refractivity (Wildman–Crippen MR) is 73.7 cm³/mol. The van der Waals surface area contributed by atoms with E-state index in [1.165, 1.54) is 23.1 Å². The summed E-state index contributed by atoms with van der Waals surface area (Å²) < 4.78 is 13.0. The Morgan fingerprint density at radius 1 is 1.42 bits per heavy atom. The van der Waals surface area contributed by atoms with Gasteiger partial charge in [-0.3, -0.25) is 0 Å². The number of carbonyl (C=O) groups excluding carboxylic acids is 1. The lowest BCUT2D eigenvalue weighted by atomic mass is 10.2. The molecule has 1 unspecified atom stereocenters. The van der Waals surface area contributed by atoms with Gasteiger partial charge in [0.25, 0.3) is 0 Å². The molecule has 19 heavy (non-hydrogen) atoms. The standard InChI is InChI=1S/C14H21FN2O2/c1-9(2)17(8-11(4)18)14(19)16-13-6-5-12(15)7-10(13)3/h5-7,9,11,18H,8H2,1-4H3,(H,16,19). The lowest BCUT2D eigenvalue weighted by Crippen LogP contribution is -2.43. The molecule has 106 valence electrons. The molecule has 0 fully saturated rings. The number of urea groups is 1. The molecular formula is C14H21FN2O2. The Hall–Kier alpha value is -1.62. The maximum atomic E-state index is 13.0. The zero-order chi connectivity index (χ0) is 14.6. The van der Waals surface area contributed by atoms with Crippen molar-refractivity contribution in [2.45, 2.75) is 39.8 Å². The Kier molecular flexibility index (Phi) is 5.30. The number of nitrogens with zero attached hydrogens (tertiary/aromatic N) is 1. The van der Waals surface area contributed by atoms with E-state index in [2.05, 4.69) is 5.32 Å². The molecule has 0 aliphatic heterocycles. The Morgan fingerprint density at radius 2 is 2.05 bits per heavy atom. The zero-order valence-corrected chi connectivity index (χ0v) is 11.8. The van der Waals surface area contributed by atoms with Gasteiger partial charge in [-0.05, 0) is 51.5 Å². The van der Waals surface area contributed by atoms with Crippen molar-refractivity contribution in [1.29, 1.82) is 0 Å². The van der Waals surface area contributed by atoms with Gasteiger partial charge in [-0.15, -0.1) is 0 Å². The monoisotopic (exact) mass is 268 g/mol. The highest BCUT2D eigenvalue weighted by Crippen LogP contribution is 2.16. The first kappa shape index (κ1) is 15.4. The predicted octanol–water partition coefficient (Wildman–Crippen LogP) is 2.76. The third-order valence-electron chi connectivity index (χ3n) is 2.78. The Morgan fingerprint density at radius 3 is 2.53 bits per heavy atom. The van der Waals surface area contributed by atoms with Crippen molar-refractivity contribution in [3.05, 3.63) is 29.6 Å². The zero-order valence-electron chi connectivity index (χ0n) is 11.8. The number of anilines is 1. The lowest BCUT2D eigenvalue weighted by Gasteiger charge is -2.28. The molecule has 0 spiro atoms. The summed E-state index contributed by atoms with van der Waals surface area (Å²) in [6.45, 7) is 7.36. The first-order chi connectivity index (χ1) is 8.81. The molecule has 1 aromatic carbocycles. The van der Waals surface area contributed by atoms with Crippen molar-refractivity contribution < 1.29 is 14.3 Å². The number of rotatable bonds is 4. The maximum Gasteiger partial charge on any atom is 0.322 e. The summed E-state index contributed by atoms with van der Waals surface area (Å²) in [6, 6.07) is 3.87. The van der Waals surface area contributed by atoms with E-state index in [-0.39, 0.29) is 24.4 Å². The smallest absolute Gasteiger partial charge is 0.322 e. The molecule has 0 aromatic heterocycles. The van der Waals surface area contributed by atoms with Crippen LogP contribution in [0.3, 0.4) is 0 Å². The van der Waals surface area contributed by atoms with Crippen LogP contribution >= 0.6 is 0 Å². The largest absolute Gasteiger partial charge is 0.392 e. The molecule has 1 rings (SSSR count). The van der Waals surface area contributed by atoms with Crippen molar-refractivity contribution >= 4 is 11.7 Å². The van der Waals surface area contributed by atoms with Crippen LogP contribution in [0.1, 0.15) is 26.3 Å². The molecule has 0 heterocycles. The van der Waals surface area contributed by atoms with Crippen LogP contribution in [0.2, 0.25) is 0 Å². The summed E-state index contributed by atoms with van der Waals surface area (Å²) in [5.74, 6) is -0.333. The van der Waals surface area contributed by atoms with E-state index < -0.39 is 6.10 Å². The van der Waals surface area contributed by atoms with E-state index in [0.717, 1.165) is 0 Å². The Labute approximate surface area is 113 Å². The Bertz CT molecular complexity index is 447. The van der Waals surface area contributed by atoms with Crippen LogP contribution in [0.25, 0.3) is 0 Å². The number of aryl methyl sites for hydroxylation is 1. The molecule has 0 radical (unpaired) electrons. The second-order valence-corrected chi connectivity index (χ2v) is 4.98. The first-order valence-electron chi connectivity index (χ1n) is 6.33. The van der Waals surface area contributed by atoms with E-state index in [4.69, 9.17) is 0 Å². The molecule has 0 saturated carbocycles. The molecule has 1 atom stereocenters. The van der Waals surface area contributed by atoms with Crippen molar-refractivity contribution in [3.8, 4) is 0 Å². The van der Waals surface area contributed by atoms with Gasteiger partial charge >= 0.3 is 6.03 Å². The number of carbonyl (C=O) groups is 1. The summed E-state index contributed by atoms with van der Waals surface area (Å²) in [6.07, 6.45) is -0.595. The average Bonchev–Trinajstić information content (AvgIpc) is 2.29. The molecule has 0 bridgehead atoms. The minimum absolute atomic E-state index is 0.0321. The van der Waals surface area contributed by atoms with Gasteiger partial charge in [-0.2, -0.15) is 0 Å². The number of aliphatic hydroxyl groups is 1. The average molecular weight is 268 g/mol. The topological polar surface area (TPSA) is 52.6 Å². The molecule has 4 nitrogen and oxygen atoms in total. The molecule has 2 amide bonds. The van der Waals surface area contributed by atoms with Crippen molar-refractivity contribution in [1.82, 2.24) is 4.90 Å². The minimum Gasteiger partial charge on any atom is -0.392 e. The van der Waals surface area contributed by atoms with Crippen LogP contribution < -0.4 is 5.32 Å². The van der Waals surface area contributed by atoms with E-state index >= 15 is 0 Å². The molecular weight excluding hydrogens is 247 g/mol. The molecule has 2 N–H and O–H groups in total. The van der Waals surface area contributed by atoms with Crippen LogP contribution in [-0.4, -0.2) is 34.7 Å². The Balaban J connectivity index is 2.81. The van der Waals surface area contributed by atoms with E-state index in [1.807, 2.05) is 13.8 Å². The molecule has 0 aliphatic carbocycles. The fraction of sp³-hybridized carbons (Fsp3) is 0.500. The highest BCUT2D eigenvalue weighted by Gasteiger charge is 2.19. The maximum absolute atomic E-state index is 13.0. The van der Waals surface area contributed by atoms with Gasteiger partial charge in [0.2, 0.25) is 0 Å². The van der Waals surface area contributed by atoms with Gasteiger partial charge < -0.3 is 15.3 Å². The number of hydrogen-bond donors (Lipinski definition) is 2. The second kappa shape index (κ2) is 6.52. The van der Waals surface area contributed by atoms with Gasteiger partial charge in [0.1, 0.15) is 5.82 Å². The van der Waals surface area contributed by atoms with E-state index in [0.29, 0.717) is 11.3 Å². The van der Waals surface area contributed by atoms with Crippen molar-refractivity contribution in [2.24, 2.45) is 0 Å². The number of aliphatic hydroxyl groups excluding tert-OH is 1. The molecule has 0 saturated heterocycles. The van der Waals surface area contributed by atoms with Crippen LogP contribution in [0.5, 0.6) is 0 Å². The van der Waals surface area contributed by atoms with Gasteiger partial charge in [0.15, 0.2) is 0 Å². The van der Waals surface area contributed by atoms with Crippen LogP contribution in [-0.2, 0) is 0 Å².